The Morgan fingerprint density at radius 2 is 0.754 bits per heavy atom. The van der Waals surface area contributed by atoms with Crippen molar-refractivity contribution in [3.05, 3.63) is 289 Å². The van der Waals surface area contributed by atoms with Gasteiger partial charge in [0, 0.05) is 27.6 Å². The predicted octanol–water partition coefficient (Wildman–Crippen LogP) is 17.6. The Balaban J connectivity index is 1.00. The van der Waals surface area contributed by atoms with Gasteiger partial charge in [-0.15, -0.1) is 0 Å². The summed E-state index contributed by atoms with van der Waals surface area (Å²) in [5.74, 6) is 0. The molecule has 0 saturated carbocycles. The molecule has 2 aliphatic rings. The first-order valence-corrected chi connectivity index (χ1v) is 23.9. The topological polar surface area (TPSA) is 8.17 Å². The van der Waals surface area contributed by atoms with E-state index in [-0.39, 0.29) is 0 Å². The number of nitrogens with zero attached hydrogens (tertiary/aromatic N) is 2. The molecule has 1 spiro atoms. The Hall–Kier alpha value is -8.98. The SMILES string of the molecule is c1ccc(-c2ccc(-c3ccccc3N(c3ccc4c(c3)-c3ccccc3C43c4ccccc4-n4c5ccccc5c5cccc3c54)c3ccccc3-c3ccc(-c4ccccc4)cc3)cc2)cc1. The van der Waals surface area contributed by atoms with E-state index in [9.17, 15) is 0 Å². The Kier molecular flexibility index (Phi) is 8.84. The summed E-state index contributed by atoms with van der Waals surface area (Å²) in [6, 6.07) is 98.6. The van der Waals surface area contributed by atoms with Crippen LogP contribution >= 0.6 is 0 Å². The first-order chi connectivity index (χ1) is 34.3. The number of rotatable bonds is 7. The van der Waals surface area contributed by atoms with Crippen molar-refractivity contribution in [1.82, 2.24) is 4.57 Å². The number of anilines is 3. The Bertz CT molecular complexity index is 3810. The van der Waals surface area contributed by atoms with Crippen LogP contribution in [0.5, 0.6) is 0 Å². The van der Waals surface area contributed by atoms with Crippen LogP contribution in [0.3, 0.4) is 0 Å². The van der Waals surface area contributed by atoms with Gasteiger partial charge in [0.2, 0.25) is 0 Å². The zero-order valence-corrected chi connectivity index (χ0v) is 37.8. The van der Waals surface area contributed by atoms with Crippen LogP contribution in [-0.4, -0.2) is 4.57 Å². The lowest BCUT2D eigenvalue weighted by molar-refractivity contribution is 0.748. The van der Waals surface area contributed by atoms with Crippen molar-refractivity contribution >= 4 is 38.9 Å². The van der Waals surface area contributed by atoms with Gasteiger partial charge in [0.1, 0.15) is 0 Å². The van der Waals surface area contributed by atoms with Crippen LogP contribution in [0.2, 0.25) is 0 Å². The van der Waals surface area contributed by atoms with Crippen molar-refractivity contribution in [2.24, 2.45) is 0 Å². The van der Waals surface area contributed by atoms with Crippen molar-refractivity contribution in [3.63, 3.8) is 0 Å². The van der Waals surface area contributed by atoms with Crippen LogP contribution in [0.4, 0.5) is 17.1 Å². The third-order valence-electron chi connectivity index (χ3n) is 14.8. The number of fused-ring (bicyclic) bond motifs is 12. The van der Waals surface area contributed by atoms with E-state index < -0.39 is 5.41 Å². The van der Waals surface area contributed by atoms with Gasteiger partial charge in [-0.05, 0) is 103 Å². The molecule has 14 rings (SSSR count). The molecule has 1 unspecified atom stereocenters. The molecule has 1 atom stereocenters. The predicted molar refractivity (Wildman–Crippen MR) is 288 cm³/mol. The zero-order chi connectivity index (χ0) is 45.5. The average Bonchev–Trinajstić information content (AvgIpc) is 3.92. The molecule has 322 valence electrons. The summed E-state index contributed by atoms with van der Waals surface area (Å²) in [4.78, 5) is 2.50. The molecule has 0 fully saturated rings. The Morgan fingerprint density at radius 1 is 0.290 bits per heavy atom. The minimum Gasteiger partial charge on any atom is -0.309 e. The van der Waals surface area contributed by atoms with E-state index in [0.29, 0.717) is 0 Å². The summed E-state index contributed by atoms with van der Waals surface area (Å²) in [5, 5.41) is 2.56. The molecule has 69 heavy (non-hydrogen) atoms. The number of benzene rings is 11. The molecule has 1 aromatic heterocycles. The van der Waals surface area contributed by atoms with Crippen LogP contribution in [0.1, 0.15) is 22.3 Å². The van der Waals surface area contributed by atoms with E-state index in [4.69, 9.17) is 0 Å². The number of hydrogen-bond donors (Lipinski definition) is 0. The Labute approximate surface area is 402 Å². The van der Waals surface area contributed by atoms with Crippen molar-refractivity contribution < 1.29 is 0 Å². The monoisotopic (exact) mass is 876 g/mol. The summed E-state index contributed by atoms with van der Waals surface area (Å²) >= 11 is 0. The third kappa shape index (κ3) is 5.86. The normalized spacial score (nSPS) is 14.1. The first-order valence-electron chi connectivity index (χ1n) is 23.9. The molecular formula is C67H44N2. The largest absolute Gasteiger partial charge is 0.309 e. The van der Waals surface area contributed by atoms with Gasteiger partial charge in [-0.1, -0.05) is 231 Å². The lowest BCUT2D eigenvalue weighted by Gasteiger charge is -2.39. The van der Waals surface area contributed by atoms with Crippen LogP contribution in [-0.2, 0) is 5.41 Å². The molecular weight excluding hydrogens is 833 g/mol. The van der Waals surface area contributed by atoms with Crippen LogP contribution in [0.25, 0.3) is 83.1 Å². The number of aromatic nitrogens is 1. The van der Waals surface area contributed by atoms with Gasteiger partial charge in [0.25, 0.3) is 0 Å². The smallest absolute Gasteiger partial charge is 0.0754 e. The summed E-state index contributed by atoms with van der Waals surface area (Å²) in [7, 11) is 0. The summed E-state index contributed by atoms with van der Waals surface area (Å²) in [6.45, 7) is 0. The lowest BCUT2D eigenvalue weighted by atomic mass is 9.65. The van der Waals surface area contributed by atoms with Gasteiger partial charge in [0.05, 0.1) is 33.5 Å². The van der Waals surface area contributed by atoms with E-state index >= 15 is 0 Å². The standard InChI is InChI=1S/C67H44N2/c1-3-18-45(19-4-1)47-34-38-49(39-35-47)52-22-8-13-30-62(52)68(63-31-14-9-23-53(63)50-40-36-48(37-41-50)46-20-5-2-6-21-46)51-42-43-59-57(44-51)54-24-7-11-27-58(54)67(59)60-28-12-16-33-65(60)69-64-32-15-10-25-55(64)56-26-17-29-61(67)66(56)69/h1-44H. The number of hydrogen-bond acceptors (Lipinski definition) is 1. The maximum Gasteiger partial charge on any atom is 0.0754 e. The fourth-order valence-electron chi connectivity index (χ4n) is 11.9. The molecule has 12 aromatic rings. The highest BCUT2D eigenvalue weighted by Gasteiger charge is 2.51. The second-order valence-electron chi connectivity index (χ2n) is 18.4. The molecule has 1 aliphatic heterocycles. The maximum absolute atomic E-state index is 2.52. The highest BCUT2D eigenvalue weighted by atomic mass is 15.1. The van der Waals surface area contributed by atoms with E-state index in [1.54, 1.807) is 0 Å². The molecule has 0 bridgehead atoms. The van der Waals surface area contributed by atoms with E-state index in [1.807, 2.05) is 0 Å². The molecule has 0 amide bonds. The summed E-state index contributed by atoms with van der Waals surface area (Å²) in [5.41, 5.74) is 23.7. The second-order valence-corrected chi connectivity index (χ2v) is 18.4. The van der Waals surface area contributed by atoms with Crippen molar-refractivity contribution in [1.29, 1.82) is 0 Å². The first kappa shape index (κ1) is 39.2. The van der Waals surface area contributed by atoms with Gasteiger partial charge in [-0.3, -0.25) is 0 Å². The second kappa shape index (κ2) is 15.6. The van der Waals surface area contributed by atoms with Gasteiger partial charge >= 0.3 is 0 Å². The van der Waals surface area contributed by atoms with Crippen molar-refractivity contribution in [2.75, 3.05) is 4.90 Å². The highest BCUT2D eigenvalue weighted by molar-refractivity contribution is 6.13. The molecule has 2 heteroatoms. The molecule has 2 nitrogen and oxygen atoms in total. The Morgan fingerprint density at radius 3 is 1.41 bits per heavy atom. The number of para-hydroxylation sites is 5. The fraction of sp³-hybridized carbons (Fsp3) is 0.0149. The van der Waals surface area contributed by atoms with Gasteiger partial charge in [-0.2, -0.15) is 0 Å². The van der Waals surface area contributed by atoms with E-state index in [0.717, 1.165) is 39.3 Å². The summed E-state index contributed by atoms with van der Waals surface area (Å²) in [6.07, 6.45) is 0. The van der Waals surface area contributed by atoms with Gasteiger partial charge < -0.3 is 9.47 Å². The lowest BCUT2D eigenvalue weighted by Crippen LogP contribution is -2.33. The van der Waals surface area contributed by atoms with Crippen LogP contribution in [0.15, 0.2) is 267 Å². The minimum absolute atomic E-state index is 0.535. The van der Waals surface area contributed by atoms with E-state index in [2.05, 4.69) is 276 Å². The fourth-order valence-corrected chi connectivity index (χ4v) is 11.9. The van der Waals surface area contributed by atoms with Crippen LogP contribution < -0.4 is 4.90 Å². The van der Waals surface area contributed by atoms with E-state index in [1.165, 1.54) is 83.1 Å². The van der Waals surface area contributed by atoms with Crippen molar-refractivity contribution in [3.8, 4) is 61.3 Å². The van der Waals surface area contributed by atoms with Crippen molar-refractivity contribution in [2.45, 2.75) is 5.41 Å². The zero-order valence-electron chi connectivity index (χ0n) is 37.8. The molecule has 2 heterocycles. The summed E-state index contributed by atoms with van der Waals surface area (Å²) < 4.78 is 2.52. The molecule has 1 aliphatic carbocycles. The quantitative estimate of drug-likeness (QED) is 0.155. The van der Waals surface area contributed by atoms with Gasteiger partial charge in [0.15, 0.2) is 0 Å². The molecule has 11 aromatic carbocycles. The maximum atomic E-state index is 2.52. The average molecular weight is 877 g/mol. The molecule has 0 saturated heterocycles. The van der Waals surface area contributed by atoms with Gasteiger partial charge in [-0.25, -0.2) is 0 Å². The highest BCUT2D eigenvalue weighted by Crippen LogP contribution is 2.62. The molecule has 0 radical (unpaired) electrons. The third-order valence-corrected chi connectivity index (χ3v) is 14.8. The minimum atomic E-state index is -0.535. The molecule has 0 N–H and O–H groups in total. The van der Waals surface area contributed by atoms with Crippen LogP contribution in [0, 0.1) is 0 Å².